The van der Waals surface area contributed by atoms with E-state index in [9.17, 15) is 4.79 Å². The summed E-state index contributed by atoms with van der Waals surface area (Å²) in [7, 11) is 0. The van der Waals surface area contributed by atoms with E-state index < -0.39 is 5.60 Å². The van der Waals surface area contributed by atoms with Gasteiger partial charge in [0.2, 0.25) is 0 Å². The monoisotopic (exact) mass is 184 g/mol. The predicted molar refractivity (Wildman–Crippen MR) is 49.3 cm³/mol. The number of carbonyl (C=O) groups is 1. The van der Waals surface area contributed by atoms with Crippen LogP contribution in [-0.4, -0.2) is 24.3 Å². The van der Waals surface area contributed by atoms with Gasteiger partial charge >= 0.3 is 5.97 Å². The van der Waals surface area contributed by atoms with Crippen molar-refractivity contribution in [2.75, 3.05) is 6.61 Å². The summed E-state index contributed by atoms with van der Waals surface area (Å²) in [4.78, 5) is 11.2. The molecular formula is C10H16O3. The van der Waals surface area contributed by atoms with Crippen molar-refractivity contribution in [3.05, 3.63) is 12.2 Å². The molecule has 2 atom stereocenters. The van der Waals surface area contributed by atoms with Gasteiger partial charge < -0.3 is 9.47 Å². The van der Waals surface area contributed by atoms with Crippen LogP contribution in [0.1, 0.15) is 27.2 Å². The van der Waals surface area contributed by atoms with Crippen LogP contribution in [0.5, 0.6) is 0 Å². The molecular weight excluding hydrogens is 168 g/mol. The van der Waals surface area contributed by atoms with E-state index >= 15 is 0 Å². The third kappa shape index (κ3) is 1.91. The average molecular weight is 184 g/mol. The van der Waals surface area contributed by atoms with Crippen LogP contribution in [0.15, 0.2) is 12.2 Å². The van der Waals surface area contributed by atoms with Crippen molar-refractivity contribution < 1.29 is 14.3 Å². The summed E-state index contributed by atoms with van der Waals surface area (Å²) in [5.41, 5.74) is -0.00639. The van der Waals surface area contributed by atoms with E-state index in [1.165, 1.54) is 0 Å². The number of hydrogen-bond acceptors (Lipinski definition) is 3. The Morgan fingerprint density at radius 1 is 1.77 bits per heavy atom. The van der Waals surface area contributed by atoms with Crippen molar-refractivity contribution in [2.24, 2.45) is 0 Å². The molecule has 74 valence electrons. The maximum Gasteiger partial charge on any atom is 0.333 e. The van der Waals surface area contributed by atoms with Gasteiger partial charge in [0.15, 0.2) is 5.60 Å². The summed E-state index contributed by atoms with van der Waals surface area (Å²) >= 11 is 0. The first-order chi connectivity index (χ1) is 5.99. The first kappa shape index (κ1) is 10.3. The highest BCUT2D eigenvalue weighted by Gasteiger charge is 2.46. The van der Waals surface area contributed by atoms with Crippen molar-refractivity contribution in [2.45, 2.75) is 38.9 Å². The minimum atomic E-state index is -0.440. The van der Waals surface area contributed by atoms with Crippen LogP contribution in [0, 0.1) is 0 Å². The van der Waals surface area contributed by atoms with Crippen LogP contribution < -0.4 is 0 Å². The zero-order chi connectivity index (χ0) is 10.1. The van der Waals surface area contributed by atoms with E-state index in [1.54, 1.807) is 6.92 Å². The molecule has 0 aromatic carbocycles. The molecule has 3 heteroatoms. The Kier molecular flexibility index (Phi) is 2.76. The summed E-state index contributed by atoms with van der Waals surface area (Å²) in [6, 6.07) is 0. The highest BCUT2D eigenvalue weighted by molar-refractivity contribution is 5.87. The zero-order valence-electron chi connectivity index (χ0n) is 8.42. The molecule has 13 heavy (non-hydrogen) atoms. The van der Waals surface area contributed by atoms with E-state index in [4.69, 9.17) is 9.47 Å². The van der Waals surface area contributed by atoms with Crippen LogP contribution in [0.2, 0.25) is 0 Å². The van der Waals surface area contributed by atoms with Gasteiger partial charge in [0.05, 0.1) is 12.7 Å². The minimum Gasteiger partial charge on any atom is -0.451 e. The lowest BCUT2D eigenvalue weighted by molar-refractivity contribution is -0.243. The van der Waals surface area contributed by atoms with Crippen molar-refractivity contribution in [1.29, 1.82) is 0 Å². The number of carbonyl (C=O) groups excluding carboxylic acids is 1. The summed E-state index contributed by atoms with van der Waals surface area (Å²) in [6.45, 7) is 9.57. The lowest BCUT2D eigenvalue weighted by atomic mass is 9.92. The van der Waals surface area contributed by atoms with Crippen molar-refractivity contribution in [3.8, 4) is 0 Å². The van der Waals surface area contributed by atoms with Crippen molar-refractivity contribution in [1.82, 2.24) is 0 Å². The lowest BCUT2D eigenvalue weighted by Gasteiger charge is -2.45. The molecule has 1 rings (SSSR count). The number of hydrogen-bond donors (Lipinski definition) is 0. The molecule has 0 aromatic heterocycles. The Bertz CT molecular complexity index is 232. The molecule has 3 nitrogen and oxygen atoms in total. The molecule has 0 N–H and O–H groups in total. The third-order valence-corrected chi connectivity index (χ3v) is 2.30. The maximum absolute atomic E-state index is 11.2. The fourth-order valence-corrected chi connectivity index (χ4v) is 1.38. The molecule has 0 aliphatic carbocycles. The molecule has 0 amide bonds. The summed E-state index contributed by atoms with van der Waals surface area (Å²) in [5, 5.41) is 0. The van der Waals surface area contributed by atoms with Crippen LogP contribution in [0.4, 0.5) is 0 Å². The molecule has 2 unspecified atom stereocenters. The highest BCUT2D eigenvalue weighted by Crippen LogP contribution is 2.31. The first-order valence-corrected chi connectivity index (χ1v) is 4.50. The van der Waals surface area contributed by atoms with Crippen LogP contribution in [0.3, 0.4) is 0 Å². The smallest absolute Gasteiger partial charge is 0.333 e. The molecule has 0 spiro atoms. The second-order valence-electron chi connectivity index (χ2n) is 3.69. The van der Waals surface area contributed by atoms with Gasteiger partial charge in [-0.15, -0.1) is 0 Å². The SMILES string of the molecule is C=C(C)C(=O)OC1(C)COC1CC. The Morgan fingerprint density at radius 2 is 2.38 bits per heavy atom. The van der Waals surface area contributed by atoms with E-state index in [1.807, 2.05) is 13.8 Å². The fraction of sp³-hybridized carbons (Fsp3) is 0.700. The standard InChI is InChI=1S/C10H16O3/c1-5-8-10(4,6-12-8)13-9(11)7(2)3/h8H,2,5-6H2,1,3-4H3. The Labute approximate surface area is 78.7 Å². The van der Waals surface area contributed by atoms with Crippen LogP contribution in [0.25, 0.3) is 0 Å². The second-order valence-corrected chi connectivity index (χ2v) is 3.69. The van der Waals surface area contributed by atoms with Gasteiger partial charge in [-0.2, -0.15) is 0 Å². The largest absolute Gasteiger partial charge is 0.451 e. The van der Waals surface area contributed by atoms with Gasteiger partial charge in [-0.25, -0.2) is 4.79 Å². The summed E-state index contributed by atoms with van der Waals surface area (Å²) in [5.74, 6) is -0.329. The summed E-state index contributed by atoms with van der Waals surface area (Å²) < 4.78 is 10.5. The van der Waals surface area contributed by atoms with Gasteiger partial charge in [-0.05, 0) is 20.3 Å². The molecule has 1 aliphatic heterocycles. The lowest BCUT2D eigenvalue weighted by Crippen LogP contribution is -2.58. The number of esters is 1. The quantitative estimate of drug-likeness (QED) is 0.494. The highest BCUT2D eigenvalue weighted by atomic mass is 16.6. The topological polar surface area (TPSA) is 35.5 Å². The van der Waals surface area contributed by atoms with Gasteiger partial charge in [-0.3, -0.25) is 0 Å². The number of ether oxygens (including phenoxy) is 2. The third-order valence-electron chi connectivity index (χ3n) is 2.30. The molecule has 1 heterocycles. The zero-order valence-corrected chi connectivity index (χ0v) is 8.42. The van der Waals surface area contributed by atoms with Gasteiger partial charge in [0.25, 0.3) is 0 Å². The molecule has 1 fully saturated rings. The van der Waals surface area contributed by atoms with E-state index in [-0.39, 0.29) is 12.1 Å². The molecule has 0 saturated carbocycles. The molecule has 0 radical (unpaired) electrons. The van der Waals surface area contributed by atoms with E-state index in [0.717, 1.165) is 6.42 Å². The normalized spacial score (nSPS) is 32.1. The Balaban J connectivity index is 2.53. The van der Waals surface area contributed by atoms with E-state index in [0.29, 0.717) is 12.2 Å². The molecule has 1 aliphatic rings. The van der Waals surface area contributed by atoms with Gasteiger partial charge in [0, 0.05) is 5.57 Å². The second kappa shape index (κ2) is 3.50. The van der Waals surface area contributed by atoms with Crippen LogP contribution in [-0.2, 0) is 14.3 Å². The van der Waals surface area contributed by atoms with Crippen LogP contribution >= 0.6 is 0 Å². The predicted octanol–water partition coefficient (Wildman–Crippen LogP) is 1.67. The molecule has 0 aromatic rings. The molecule has 1 saturated heterocycles. The Morgan fingerprint density at radius 3 is 2.69 bits per heavy atom. The Hall–Kier alpha value is -0.830. The fourth-order valence-electron chi connectivity index (χ4n) is 1.38. The van der Waals surface area contributed by atoms with Gasteiger partial charge in [0.1, 0.15) is 0 Å². The average Bonchev–Trinajstić information content (AvgIpc) is 2.03. The number of rotatable bonds is 3. The maximum atomic E-state index is 11.2. The molecule has 0 bridgehead atoms. The van der Waals surface area contributed by atoms with Crippen molar-refractivity contribution in [3.63, 3.8) is 0 Å². The van der Waals surface area contributed by atoms with Gasteiger partial charge in [-0.1, -0.05) is 13.5 Å². The van der Waals surface area contributed by atoms with Crippen molar-refractivity contribution >= 4 is 5.97 Å². The summed E-state index contributed by atoms with van der Waals surface area (Å²) in [6.07, 6.45) is 0.899. The van der Waals surface area contributed by atoms with E-state index in [2.05, 4.69) is 6.58 Å². The minimum absolute atomic E-state index is 0.0378. The first-order valence-electron chi connectivity index (χ1n) is 4.50.